The van der Waals surface area contributed by atoms with E-state index in [9.17, 15) is 8.42 Å². The average molecular weight is 255 g/mol. The van der Waals surface area contributed by atoms with Crippen LogP contribution in [0.3, 0.4) is 0 Å². The lowest BCUT2D eigenvalue weighted by Crippen LogP contribution is -2.40. The van der Waals surface area contributed by atoms with Crippen molar-refractivity contribution < 1.29 is 8.42 Å². The van der Waals surface area contributed by atoms with Gasteiger partial charge in [-0.05, 0) is 24.6 Å². The summed E-state index contributed by atoms with van der Waals surface area (Å²) in [5.41, 5.74) is 2.34. The Kier molecular flexibility index (Phi) is 5.00. The first-order chi connectivity index (χ1) is 8.07. The quantitative estimate of drug-likeness (QED) is 0.772. The minimum atomic E-state index is -2.78. The molecule has 0 aliphatic carbocycles. The zero-order chi connectivity index (χ0) is 12.9. The summed E-state index contributed by atoms with van der Waals surface area (Å²) in [6.45, 7) is 7.28. The van der Waals surface area contributed by atoms with Crippen LogP contribution in [0.25, 0.3) is 0 Å². The largest absolute Gasteiger partial charge is 0.369 e. The van der Waals surface area contributed by atoms with Crippen LogP contribution in [-0.2, 0) is 9.84 Å². The van der Waals surface area contributed by atoms with E-state index in [-0.39, 0.29) is 11.5 Å². The van der Waals surface area contributed by atoms with Gasteiger partial charge in [-0.25, -0.2) is 8.42 Å². The summed E-state index contributed by atoms with van der Waals surface area (Å²) in [4.78, 5) is 2.13. The summed E-state index contributed by atoms with van der Waals surface area (Å²) in [6, 6.07) is 8.18. The number of benzene rings is 1. The fraction of sp³-hybridized carbons (Fsp3) is 0.538. The minimum Gasteiger partial charge on any atom is -0.369 e. The summed E-state index contributed by atoms with van der Waals surface area (Å²) in [5.74, 6) is 0.557. The van der Waals surface area contributed by atoms with Gasteiger partial charge in [0.15, 0.2) is 9.84 Å². The molecule has 1 fully saturated rings. The van der Waals surface area contributed by atoms with Crippen molar-refractivity contribution in [1.82, 2.24) is 0 Å². The Morgan fingerprint density at radius 2 is 1.71 bits per heavy atom. The Hall–Kier alpha value is -1.03. The zero-order valence-corrected chi connectivity index (χ0v) is 11.6. The van der Waals surface area contributed by atoms with Crippen molar-refractivity contribution in [2.24, 2.45) is 0 Å². The highest BCUT2D eigenvalue weighted by atomic mass is 32.2. The van der Waals surface area contributed by atoms with Gasteiger partial charge in [-0.3, -0.25) is 0 Å². The maximum absolute atomic E-state index is 11.3. The van der Waals surface area contributed by atoms with E-state index in [1.165, 1.54) is 5.56 Å². The predicted octanol–water partition coefficient (Wildman–Crippen LogP) is 2.26. The number of anilines is 1. The van der Waals surface area contributed by atoms with Crippen molar-refractivity contribution in [3.8, 4) is 0 Å². The third kappa shape index (κ3) is 4.04. The highest BCUT2D eigenvalue weighted by Crippen LogP contribution is 2.18. The fourth-order valence-electron chi connectivity index (χ4n) is 1.80. The predicted molar refractivity (Wildman–Crippen MR) is 73.4 cm³/mol. The van der Waals surface area contributed by atoms with Crippen LogP contribution in [0.5, 0.6) is 0 Å². The maximum Gasteiger partial charge on any atom is 0.153 e. The molecular weight excluding hydrogens is 234 g/mol. The van der Waals surface area contributed by atoms with Crippen LogP contribution in [0.4, 0.5) is 5.69 Å². The summed E-state index contributed by atoms with van der Waals surface area (Å²) in [5, 5.41) is 0. The smallest absolute Gasteiger partial charge is 0.153 e. The Balaban J connectivity index is 0.000000686. The Labute approximate surface area is 104 Å². The van der Waals surface area contributed by atoms with Crippen LogP contribution in [0.1, 0.15) is 19.4 Å². The number of nitrogens with zero attached hydrogens (tertiary/aromatic N) is 1. The van der Waals surface area contributed by atoms with Gasteiger partial charge >= 0.3 is 0 Å². The molecule has 1 heterocycles. The van der Waals surface area contributed by atoms with Gasteiger partial charge in [0.05, 0.1) is 11.5 Å². The normalized spacial score (nSPS) is 18.2. The van der Waals surface area contributed by atoms with E-state index in [2.05, 4.69) is 11.0 Å². The van der Waals surface area contributed by atoms with Gasteiger partial charge in [0, 0.05) is 18.8 Å². The number of hydrogen-bond acceptors (Lipinski definition) is 3. The summed E-state index contributed by atoms with van der Waals surface area (Å²) < 4.78 is 22.5. The molecule has 4 heteroatoms. The average Bonchev–Trinajstić information content (AvgIpc) is 2.31. The standard InChI is InChI=1S/C11H15NO2S.C2H6/c1-10-3-2-4-11(9-10)12-5-7-15(13,14)8-6-12;1-2/h2-4,9H,5-8H2,1H3;1-2H3. The first-order valence-electron chi connectivity index (χ1n) is 6.09. The summed E-state index contributed by atoms with van der Waals surface area (Å²) in [6.07, 6.45) is 0. The molecule has 1 aromatic carbocycles. The van der Waals surface area contributed by atoms with E-state index in [4.69, 9.17) is 0 Å². The van der Waals surface area contributed by atoms with Gasteiger partial charge in [0.2, 0.25) is 0 Å². The molecule has 0 spiro atoms. The van der Waals surface area contributed by atoms with Crippen molar-refractivity contribution in [2.75, 3.05) is 29.5 Å². The molecule has 1 aliphatic rings. The SMILES string of the molecule is CC.Cc1cccc(N2CCS(=O)(=O)CC2)c1. The first-order valence-corrected chi connectivity index (χ1v) is 7.91. The van der Waals surface area contributed by atoms with Gasteiger partial charge in [0.25, 0.3) is 0 Å². The number of rotatable bonds is 1. The van der Waals surface area contributed by atoms with Crippen molar-refractivity contribution >= 4 is 15.5 Å². The first kappa shape index (κ1) is 14.0. The molecule has 2 rings (SSSR count). The lowest BCUT2D eigenvalue weighted by Gasteiger charge is -2.28. The number of sulfone groups is 1. The van der Waals surface area contributed by atoms with E-state index >= 15 is 0 Å². The molecule has 0 atom stereocenters. The van der Waals surface area contributed by atoms with Gasteiger partial charge in [-0.1, -0.05) is 26.0 Å². The molecule has 0 amide bonds. The van der Waals surface area contributed by atoms with E-state index in [0.29, 0.717) is 13.1 Å². The summed E-state index contributed by atoms with van der Waals surface area (Å²) >= 11 is 0. The van der Waals surface area contributed by atoms with Crippen molar-refractivity contribution in [3.63, 3.8) is 0 Å². The second kappa shape index (κ2) is 6.05. The summed E-state index contributed by atoms with van der Waals surface area (Å²) in [7, 11) is -2.78. The fourth-order valence-corrected chi connectivity index (χ4v) is 3.00. The molecule has 1 saturated heterocycles. The highest BCUT2D eigenvalue weighted by Gasteiger charge is 2.21. The molecule has 0 aromatic heterocycles. The van der Waals surface area contributed by atoms with Gasteiger partial charge in [-0.15, -0.1) is 0 Å². The molecular formula is C13H21NO2S. The molecule has 1 aromatic rings. The van der Waals surface area contributed by atoms with Crippen molar-refractivity contribution in [1.29, 1.82) is 0 Å². The molecule has 0 bridgehead atoms. The van der Waals surface area contributed by atoms with Crippen LogP contribution in [-0.4, -0.2) is 33.0 Å². The van der Waals surface area contributed by atoms with Crippen molar-refractivity contribution in [3.05, 3.63) is 29.8 Å². The van der Waals surface area contributed by atoms with Gasteiger partial charge in [-0.2, -0.15) is 0 Å². The van der Waals surface area contributed by atoms with E-state index in [0.717, 1.165) is 5.69 Å². The Bertz CT molecular complexity index is 440. The molecule has 0 N–H and O–H groups in total. The topological polar surface area (TPSA) is 37.4 Å². The third-order valence-electron chi connectivity index (χ3n) is 2.71. The third-order valence-corrected chi connectivity index (χ3v) is 4.32. The van der Waals surface area contributed by atoms with E-state index in [1.807, 2.05) is 39.0 Å². The number of hydrogen-bond donors (Lipinski definition) is 0. The lowest BCUT2D eigenvalue weighted by molar-refractivity contribution is 0.587. The van der Waals surface area contributed by atoms with E-state index in [1.54, 1.807) is 0 Å². The molecule has 17 heavy (non-hydrogen) atoms. The second-order valence-electron chi connectivity index (χ2n) is 3.98. The molecule has 1 aliphatic heterocycles. The maximum atomic E-state index is 11.3. The van der Waals surface area contributed by atoms with Gasteiger partial charge in [0.1, 0.15) is 0 Å². The molecule has 0 unspecified atom stereocenters. The van der Waals surface area contributed by atoms with Crippen LogP contribution < -0.4 is 4.90 Å². The zero-order valence-electron chi connectivity index (χ0n) is 10.8. The highest BCUT2D eigenvalue weighted by molar-refractivity contribution is 7.91. The van der Waals surface area contributed by atoms with E-state index < -0.39 is 9.84 Å². The minimum absolute atomic E-state index is 0.279. The Morgan fingerprint density at radius 3 is 2.24 bits per heavy atom. The van der Waals surface area contributed by atoms with Crippen LogP contribution >= 0.6 is 0 Å². The van der Waals surface area contributed by atoms with Crippen molar-refractivity contribution in [2.45, 2.75) is 20.8 Å². The second-order valence-corrected chi connectivity index (χ2v) is 6.28. The molecule has 0 radical (unpaired) electrons. The molecule has 0 saturated carbocycles. The molecule has 96 valence electrons. The van der Waals surface area contributed by atoms with Crippen LogP contribution in [0.15, 0.2) is 24.3 Å². The number of aryl methyl sites for hydroxylation is 1. The van der Waals surface area contributed by atoms with Crippen LogP contribution in [0.2, 0.25) is 0 Å². The monoisotopic (exact) mass is 255 g/mol. The lowest BCUT2D eigenvalue weighted by atomic mass is 10.2. The Morgan fingerprint density at radius 1 is 1.12 bits per heavy atom. The molecule has 3 nitrogen and oxygen atoms in total. The van der Waals surface area contributed by atoms with Crippen LogP contribution in [0, 0.1) is 6.92 Å². The van der Waals surface area contributed by atoms with Gasteiger partial charge < -0.3 is 4.90 Å².